The Bertz CT molecular complexity index is 463. The van der Waals surface area contributed by atoms with Crippen molar-refractivity contribution in [2.24, 2.45) is 0 Å². The predicted octanol–water partition coefficient (Wildman–Crippen LogP) is 1.23. The van der Waals surface area contributed by atoms with Crippen molar-refractivity contribution in [1.29, 1.82) is 0 Å². The van der Waals surface area contributed by atoms with Gasteiger partial charge in [0.2, 0.25) is 5.91 Å². The van der Waals surface area contributed by atoms with Gasteiger partial charge in [-0.25, -0.2) is 0 Å². The van der Waals surface area contributed by atoms with E-state index in [2.05, 4.69) is 22.2 Å². The number of nitrogens with two attached hydrogens (primary N) is 1. The SMILES string of the molecule is CC(C(=O)Nc1ccccc1N)N1CCCN(C)CC1. The molecule has 5 heteroatoms. The molecule has 0 spiro atoms. The van der Waals surface area contributed by atoms with Crippen molar-refractivity contribution in [3.8, 4) is 0 Å². The van der Waals surface area contributed by atoms with E-state index in [0.29, 0.717) is 11.4 Å². The van der Waals surface area contributed by atoms with Gasteiger partial charge < -0.3 is 16.0 Å². The summed E-state index contributed by atoms with van der Waals surface area (Å²) in [7, 11) is 2.12. The molecule has 5 nitrogen and oxygen atoms in total. The van der Waals surface area contributed by atoms with E-state index in [0.717, 1.165) is 32.6 Å². The van der Waals surface area contributed by atoms with Crippen LogP contribution < -0.4 is 11.1 Å². The second kappa shape index (κ2) is 6.72. The monoisotopic (exact) mass is 276 g/mol. The van der Waals surface area contributed by atoms with E-state index in [1.54, 1.807) is 6.07 Å². The van der Waals surface area contributed by atoms with Crippen LogP contribution in [0.5, 0.6) is 0 Å². The van der Waals surface area contributed by atoms with Crippen LogP contribution in [0.15, 0.2) is 24.3 Å². The molecule has 20 heavy (non-hydrogen) atoms. The average Bonchev–Trinajstić information content (AvgIpc) is 2.65. The lowest BCUT2D eigenvalue weighted by molar-refractivity contribution is -0.120. The van der Waals surface area contributed by atoms with Crippen LogP contribution in [0.4, 0.5) is 11.4 Å². The predicted molar refractivity (Wildman–Crippen MR) is 82.6 cm³/mol. The van der Waals surface area contributed by atoms with Crippen molar-refractivity contribution < 1.29 is 4.79 Å². The zero-order chi connectivity index (χ0) is 14.5. The third-order valence-electron chi connectivity index (χ3n) is 3.90. The Balaban J connectivity index is 1.96. The van der Waals surface area contributed by atoms with Gasteiger partial charge in [-0.15, -0.1) is 0 Å². The van der Waals surface area contributed by atoms with Crippen LogP contribution in [0.3, 0.4) is 0 Å². The summed E-state index contributed by atoms with van der Waals surface area (Å²) in [6.45, 7) is 5.94. The number of hydrogen-bond donors (Lipinski definition) is 2. The third kappa shape index (κ3) is 3.71. The zero-order valence-corrected chi connectivity index (χ0v) is 12.3. The fraction of sp³-hybridized carbons (Fsp3) is 0.533. The molecule has 0 bridgehead atoms. The quantitative estimate of drug-likeness (QED) is 0.815. The van der Waals surface area contributed by atoms with Crippen molar-refractivity contribution in [1.82, 2.24) is 9.80 Å². The molecule has 1 aromatic rings. The molecule has 0 saturated carbocycles. The van der Waals surface area contributed by atoms with Gasteiger partial charge in [0.15, 0.2) is 0 Å². The van der Waals surface area contributed by atoms with Crippen molar-refractivity contribution in [2.75, 3.05) is 44.3 Å². The van der Waals surface area contributed by atoms with Crippen LogP contribution in [0.25, 0.3) is 0 Å². The van der Waals surface area contributed by atoms with Crippen LogP contribution in [-0.2, 0) is 4.79 Å². The van der Waals surface area contributed by atoms with Gasteiger partial charge in [0.05, 0.1) is 17.4 Å². The molecule has 1 unspecified atom stereocenters. The Morgan fingerprint density at radius 1 is 1.25 bits per heavy atom. The molecule has 2 rings (SSSR count). The van der Waals surface area contributed by atoms with Crippen molar-refractivity contribution in [2.45, 2.75) is 19.4 Å². The summed E-state index contributed by atoms with van der Waals surface area (Å²) in [5.74, 6) is 0.00690. The van der Waals surface area contributed by atoms with Gasteiger partial charge in [-0.3, -0.25) is 9.69 Å². The van der Waals surface area contributed by atoms with E-state index in [4.69, 9.17) is 5.73 Å². The zero-order valence-electron chi connectivity index (χ0n) is 12.3. The largest absolute Gasteiger partial charge is 0.397 e. The first-order valence-electron chi connectivity index (χ1n) is 7.16. The minimum absolute atomic E-state index is 0.00690. The molecular weight excluding hydrogens is 252 g/mol. The summed E-state index contributed by atoms with van der Waals surface area (Å²) < 4.78 is 0. The molecule has 1 aliphatic heterocycles. The van der Waals surface area contributed by atoms with E-state index < -0.39 is 0 Å². The smallest absolute Gasteiger partial charge is 0.241 e. The number of likely N-dealkylation sites (N-methyl/N-ethyl adjacent to an activating group) is 1. The van der Waals surface area contributed by atoms with Crippen LogP contribution in [-0.4, -0.2) is 55.0 Å². The van der Waals surface area contributed by atoms with Crippen LogP contribution in [0.2, 0.25) is 0 Å². The topological polar surface area (TPSA) is 61.6 Å². The van der Waals surface area contributed by atoms with Gasteiger partial charge in [-0.2, -0.15) is 0 Å². The molecule has 1 saturated heterocycles. The van der Waals surface area contributed by atoms with E-state index >= 15 is 0 Å². The summed E-state index contributed by atoms with van der Waals surface area (Å²) in [6.07, 6.45) is 1.10. The fourth-order valence-corrected chi connectivity index (χ4v) is 2.47. The summed E-state index contributed by atoms with van der Waals surface area (Å²) >= 11 is 0. The Morgan fingerprint density at radius 3 is 2.75 bits per heavy atom. The van der Waals surface area contributed by atoms with Crippen LogP contribution in [0, 0.1) is 0 Å². The number of para-hydroxylation sites is 2. The molecule has 1 amide bonds. The van der Waals surface area contributed by atoms with Crippen molar-refractivity contribution >= 4 is 17.3 Å². The highest BCUT2D eigenvalue weighted by molar-refractivity contribution is 5.97. The van der Waals surface area contributed by atoms with Gasteiger partial charge in [-0.1, -0.05) is 12.1 Å². The molecule has 0 aromatic heterocycles. The van der Waals surface area contributed by atoms with E-state index in [1.165, 1.54) is 0 Å². The third-order valence-corrected chi connectivity index (χ3v) is 3.90. The summed E-state index contributed by atoms with van der Waals surface area (Å²) in [4.78, 5) is 16.9. The lowest BCUT2D eigenvalue weighted by Gasteiger charge is -2.26. The van der Waals surface area contributed by atoms with Crippen LogP contribution in [0.1, 0.15) is 13.3 Å². The first-order valence-corrected chi connectivity index (χ1v) is 7.16. The van der Waals surface area contributed by atoms with Crippen molar-refractivity contribution in [3.63, 3.8) is 0 Å². The van der Waals surface area contributed by atoms with E-state index in [1.807, 2.05) is 25.1 Å². The first-order chi connectivity index (χ1) is 9.58. The first kappa shape index (κ1) is 14.8. The highest BCUT2D eigenvalue weighted by Gasteiger charge is 2.23. The molecule has 1 fully saturated rings. The highest BCUT2D eigenvalue weighted by Crippen LogP contribution is 2.17. The molecule has 1 aromatic carbocycles. The van der Waals surface area contributed by atoms with Crippen LogP contribution >= 0.6 is 0 Å². The minimum Gasteiger partial charge on any atom is -0.397 e. The number of nitrogens with one attached hydrogen (secondary N) is 1. The summed E-state index contributed by atoms with van der Waals surface area (Å²) in [5.41, 5.74) is 7.15. The molecule has 1 aliphatic rings. The molecular formula is C15H24N4O. The average molecular weight is 276 g/mol. The maximum Gasteiger partial charge on any atom is 0.241 e. The Morgan fingerprint density at radius 2 is 2.00 bits per heavy atom. The molecule has 110 valence electrons. The molecule has 0 radical (unpaired) electrons. The Kier molecular flexibility index (Phi) is 4.98. The summed E-state index contributed by atoms with van der Waals surface area (Å²) in [5, 5.41) is 2.92. The molecule has 3 N–H and O–H groups in total. The number of nitrogens with zero attached hydrogens (tertiary/aromatic N) is 2. The second-order valence-corrected chi connectivity index (χ2v) is 5.45. The van der Waals surface area contributed by atoms with Gasteiger partial charge in [0.25, 0.3) is 0 Å². The lowest BCUT2D eigenvalue weighted by atomic mass is 10.2. The lowest BCUT2D eigenvalue weighted by Crippen LogP contribution is -2.43. The highest BCUT2D eigenvalue weighted by atomic mass is 16.2. The van der Waals surface area contributed by atoms with Gasteiger partial charge in [0.1, 0.15) is 0 Å². The number of rotatable bonds is 3. The number of hydrogen-bond acceptors (Lipinski definition) is 4. The maximum absolute atomic E-state index is 12.3. The van der Waals surface area contributed by atoms with Crippen molar-refractivity contribution in [3.05, 3.63) is 24.3 Å². The molecule has 1 atom stereocenters. The van der Waals surface area contributed by atoms with E-state index in [9.17, 15) is 4.79 Å². The minimum atomic E-state index is -0.138. The Hall–Kier alpha value is -1.59. The van der Waals surface area contributed by atoms with Gasteiger partial charge >= 0.3 is 0 Å². The maximum atomic E-state index is 12.3. The number of anilines is 2. The Labute approximate surface area is 120 Å². The number of nitrogen functional groups attached to an aromatic ring is 1. The standard InChI is InChI=1S/C15H24N4O/c1-12(19-9-5-8-18(2)10-11-19)15(20)17-14-7-4-3-6-13(14)16/h3-4,6-7,12H,5,8-11,16H2,1-2H3,(H,17,20). The number of carbonyl (C=O) groups excluding carboxylic acids is 1. The fourth-order valence-electron chi connectivity index (χ4n) is 2.47. The molecule has 0 aliphatic carbocycles. The number of benzene rings is 1. The molecule has 1 heterocycles. The van der Waals surface area contributed by atoms with Gasteiger partial charge in [-0.05, 0) is 39.1 Å². The van der Waals surface area contributed by atoms with Gasteiger partial charge in [0, 0.05) is 19.6 Å². The second-order valence-electron chi connectivity index (χ2n) is 5.45. The van der Waals surface area contributed by atoms with E-state index in [-0.39, 0.29) is 11.9 Å². The summed E-state index contributed by atoms with van der Waals surface area (Å²) in [6, 6.07) is 7.22. The number of amides is 1. The number of carbonyl (C=O) groups is 1. The normalized spacial score (nSPS) is 19.3.